The van der Waals surface area contributed by atoms with Crippen LogP contribution in [0.4, 0.5) is 4.79 Å². The fraction of sp³-hybridized carbons (Fsp3) is 0.517. The van der Waals surface area contributed by atoms with E-state index in [1.807, 2.05) is 52.3 Å². The minimum absolute atomic E-state index is 0.212. The van der Waals surface area contributed by atoms with Crippen LogP contribution in [0.1, 0.15) is 80.3 Å². The number of rotatable bonds is 6. The predicted molar refractivity (Wildman–Crippen MR) is 143 cm³/mol. The molecule has 1 aromatic heterocycles. The quantitative estimate of drug-likeness (QED) is 0.414. The number of carbonyl (C=O) groups is 2. The number of esters is 1. The van der Waals surface area contributed by atoms with Crippen LogP contribution in [-0.2, 0) is 33.8 Å². The van der Waals surface area contributed by atoms with Gasteiger partial charge in [-0.2, -0.15) is 0 Å². The van der Waals surface area contributed by atoms with Gasteiger partial charge in [-0.05, 0) is 94.3 Å². The SMILES string of the molecule is CCOC(=O)C[C@@H](c1cc(C)c2c(c1)CN(C(=O)OC(C)(C)C)CC2)c1ccc2c(nnn2CC)c1C. The van der Waals surface area contributed by atoms with Gasteiger partial charge in [-0.15, -0.1) is 5.10 Å². The van der Waals surface area contributed by atoms with Crippen molar-refractivity contribution in [3.05, 3.63) is 57.6 Å². The van der Waals surface area contributed by atoms with Crippen LogP contribution >= 0.6 is 0 Å². The van der Waals surface area contributed by atoms with Gasteiger partial charge in [0.1, 0.15) is 11.1 Å². The molecule has 0 fully saturated rings. The molecular weight excluding hydrogens is 468 g/mol. The largest absolute Gasteiger partial charge is 0.466 e. The molecule has 8 nitrogen and oxygen atoms in total. The number of benzene rings is 2. The number of hydrogen-bond acceptors (Lipinski definition) is 6. The summed E-state index contributed by atoms with van der Waals surface area (Å²) in [5.41, 5.74) is 7.87. The van der Waals surface area contributed by atoms with Gasteiger partial charge in [0.25, 0.3) is 0 Å². The Labute approximate surface area is 218 Å². The van der Waals surface area contributed by atoms with Crippen molar-refractivity contribution >= 4 is 23.1 Å². The van der Waals surface area contributed by atoms with Crippen LogP contribution in [0.25, 0.3) is 11.0 Å². The topological polar surface area (TPSA) is 86.6 Å². The third-order valence-corrected chi connectivity index (χ3v) is 6.97. The molecule has 1 aliphatic heterocycles. The smallest absolute Gasteiger partial charge is 0.410 e. The maximum atomic E-state index is 12.8. The zero-order valence-electron chi connectivity index (χ0n) is 23.1. The Balaban J connectivity index is 1.75. The molecule has 1 amide bonds. The number of aromatic nitrogens is 3. The highest BCUT2D eigenvalue weighted by atomic mass is 16.6. The van der Waals surface area contributed by atoms with E-state index in [1.54, 1.807) is 4.90 Å². The van der Waals surface area contributed by atoms with Crippen LogP contribution in [-0.4, -0.2) is 50.7 Å². The molecule has 8 heteroatoms. The molecule has 0 aliphatic carbocycles. The maximum absolute atomic E-state index is 12.8. The highest BCUT2D eigenvalue weighted by molar-refractivity contribution is 5.80. The summed E-state index contributed by atoms with van der Waals surface area (Å²) in [5, 5.41) is 8.71. The number of amides is 1. The molecule has 3 aromatic rings. The summed E-state index contributed by atoms with van der Waals surface area (Å²) in [6, 6.07) is 8.45. The Kier molecular flexibility index (Phi) is 7.57. The van der Waals surface area contributed by atoms with Gasteiger partial charge in [-0.1, -0.05) is 23.4 Å². The van der Waals surface area contributed by atoms with Crippen molar-refractivity contribution in [3.63, 3.8) is 0 Å². The third kappa shape index (κ3) is 5.63. The molecule has 0 bridgehead atoms. The van der Waals surface area contributed by atoms with Crippen LogP contribution in [0.2, 0.25) is 0 Å². The molecule has 0 radical (unpaired) electrons. The molecule has 0 saturated heterocycles. The molecule has 0 saturated carbocycles. The standard InChI is InChI=1S/C29H38N4O4/c1-8-33-25-11-10-23(19(4)27(25)30-31-33)24(16-26(34)36-9-2)20-14-18(3)22-12-13-32(17-21(22)15-20)28(35)37-29(5,6)7/h10-11,14-15,24H,8-9,12-13,16-17H2,1-7H3/t24-/m0/s1. The molecule has 198 valence electrons. The second kappa shape index (κ2) is 10.5. The van der Waals surface area contributed by atoms with Crippen molar-refractivity contribution in [3.8, 4) is 0 Å². The number of ether oxygens (including phenoxy) is 2. The lowest BCUT2D eigenvalue weighted by Crippen LogP contribution is -2.40. The van der Waals surface area contributed by atoms with Gasteiger partial charge in [-0.3, -0.25) is 4.79 Å². The minimum atomic E-state index is -0.546. The third-order valence-electron chi connectivity index (χ3n) is 6.97. The van der Waals surface area contributed by atoms with E-state index in [2.05, 4.69) is 35.4 Å². The summed E-state index contributed by atoms with van der Waals surface area (Å²) >= 11 is 0. The Morgan fingerprint density at radius 3 is 2.57 bits per heavy atom. The van der Waals surface area contributed by atoms with E-state index in [-0.39, 0.29) is 24.4 Å². The lowest BCUT2D eigenvalue weighted by atomic mass is 9.82. The summed E-state index contributed by atoms with van der Waals surface area (Å²) < 4.78 is 12.9. The zero-order valence-corrected chi connectivity index (χ0v) is 23.1. The second-order valence-electron chi connectivity index (χ2n) is 10.7. The highest BCUT2D eigenvalue weighted by Crippen LogP contribution is 2.36. The molecule has 1 atom stereocenters. The summed E-state index contributed by atoms with van der Waals surface area (Å²) in [6.45, 7) is 15.8. The molecule has 1 aliphatic rings. The fourth-order valence-corrected chi connectivity index (χ4v) is 5.22. The molecule has 4 rings (SSSR count). The molecule has 2 aromatic carbocycles. The Morgan fingerprint density at radius 1 is 1.14 bits per heavy atom. The average Bonchev–Trinajstić information content (AvgIpc) is 3.26. The van der Waals surface area contributed by atoms with Crippen LogP contribution < -0.4 is 0 Å². The average molecular weight is 507 g/mol. The maximum Gasteiger partial charge on any atom is 0.410 e. The lowest BCUT2D eigenvalue weighted by Gasteiger charge is -2.33. The number of hydrogen-bond donors (Lipinski definition) is 0. The summed E-state index contributed by atoms with van der Waals surface area (Å²) in [6.07, 6.45) is 0.689. The Morgan fingerprint density at radius 2 is 1.89 bits per heavy atom. The normalized spacial score (nSPS) is 14.4. The van der Waals surface area contributed by atoms with Gasteiger partial charge in [0.05, 0.1) is 18.5 Å². The monoisotopic (exact) mass is 506 g/mol. The molecule has 0 N–H and O–H groups in total. The number of carbonyl (C=O) groups excluding carboxylic acids is 2. The van der Waals surface area contributed by atoms with Crippen LogP contribution in [0.3, 0.4) is 0 Å². The van der Waals surface area contributed by atoms with Crippen molar-refractivity contribution in [2.24, 2.45) is 0 Å². The van der Waals surface area contributed by atoms with E-state index in [9.17, 15) is 9.59 Å². The Bertz CT molecular complexity index is 1320. The minimum Gasteiger partial charge on any atom is -0.466 e. The van der Waals surface area contributed by atoms with E-state index in [0.29, 0.717) is 19.7 Å². The first-order chi connectivity index (χ1) is 17.5. The molecular formula is C29H38N4O4. The van der Waals surface area contributed by atoms with Gasteiger partial charge < -0.3 is 14.4 Å². The van der Waals surface area contributed by atoms with Gasteiger partial charge in [0.15, 0.2) is 0 Å². The van der Waals surface area contributed by atoms with Crippen molar-refractivity contribution in [1.82, 2.24) is 19.9 Å². The fourth-order valence-electron chi connectivity index (χ4n) is 5.22. The Hall–Kier alpha value is -3.42. The summed E-state index contributed by atoms with van der Waals surface area (Å²) in [5.74, 6) is -0.453. The van der Waals surface area contributed by atoms with Crippen LogP contribution in [0, 0.1) is 13.8 Å². The van der Waals surface area contributed by atoms with Crippen molar-refractivity contribution in [2.75, 3.05) is 13.2 Å². The lowest BCUT2D eigenvalue weighted by molar-refractivity contribution is -0.143. The first-order valence-electron chi connectivity index (χ1n) is 13.1. The second-order valence-corrected chi connectivity index (χ2v) is 10.7. The van der Waals surface area contributed by atoms with Crippen molar-refractivity contribution in [2.45, 2.75) is 85.9 Å². The zero-order chi connectivity index (χ0) is 26.9. The number of nitrogens with zero attached hydrogens (tertiary/aromatic N) is 4. The van der Waals surface area contributed by atoms with Gasteiger partial charge >= 0.3 is 12.1 Å². The number of fused-ring (bicyclic) bond motifs is 2. The van der Waals surface area contributed by atoms with Crippen LogP contribution in [0.15, 0.2) is 24.3 Å². The van der Waals surface area contributed by atoms with Gasteiger partial charge in [0.2, 0.25) is 0 Å². The van der Waals surface area contributed by atoms with Crippen LogP contribution in [0.5, 0.6) is 0 Å². The molecule has 37 heavy (non-hydrogen) atoms. The van der Waals surface area contributed by atoms with E-state index in [4.69, 9.17) is 9.47 Å². The van der Waals surface area contributed by atoms with E-state index >= 15 is 0 Å². The van der Waals surface area contributed by atoms with E-state index in [1.165, 1.54) is 11.1 Å². The van der Waals surface area contributed by atoms with Crippen molar-refractivity contribution in [1.29, 1.82) is 0 Å². The molecule has 2 heterocycles. The van der Waals surface area contributed by atoms with Gasteiger partial charge in [0, 0.05) is 25.6 Å². The van der Waals surface area contributed by atoms with Crippen molar-refractivity contribution < 1.29 is 19.1 Å². The van der Waals surface area contributed by atoms with E-state index < -0.39 is 5.60 Å². The summed E-state index contributed by atoms with van der Waals surface area (Å²) in [4.78, 5) is 27.3. The first-order valence-corrected chi connectivity index (χ1v) is 13.1. The highest BCUT2D eigenvalue weighted by Gasteiger charge is 2.29. The van der Waals surface area contributed by atoms with E-state index in [0.717, 1.165) is 46.3 Å². The first kappa shape index (κ1) is 26.6. The summed E-state index contributed by atoms with van der Waals surface area (Å²) in [7, 11) is 0. The number of aryl methyl sites for hydroxylation is 3. The predicted octanol–water partition coefficient (Wildman–Crippen LogP) is 5.45. The molecule has 0 unspecified atom stereocenters. The molecule has 0 spiro atoms. The van der Waals surface area contributed by atoms with Gasteiger partial charge in [-0.25, -0.2) is 9.48 Å².